The van der Waals surface area contributed by atoms with Crippen molar-refractivity contribution in [1.82, 2.24) is 10.3 Å². The van der Waals surface area contributed by atoms with Crippen molar-refractivity contribution < 1.29 is 9.59 Å². The Balaban J connectivity index is 2.17. The lowest BCUT2D eigenvalue weighted by atomic mass is 10.1. The zero-order valence-corrected chi connectivity index (χ0v) is 9.62. The first kappa shape index (κ1) is 11.4. The highest BCUT2D eigenvalue weighted by molar-refractivity contribution is 6.08. The third kappa shape index (κ3) is 2.36. The van der Waals surface area contributed by atoms with E-state index in [9.17, 15) is 9.59 Å². The monoisotopic (exact) mass is 230 g/mol. The third-order valence-electron chi connectivity index (χ3n) is 2.75. The average Bonchev–Trinajstić information content (AvgIpc) is 2.79. The van der Waals surface area contributed by atoms with E-state index in [0.29, 0.717) is 5.56 Å². The number of Topliss-reactive ketones (excluding diaryl/α,β-unsaturated/α-hetero) is 1. The number of carbonyl (C=O) groups is 2. The van der Waals surface area contributed by atoms with Crippen LogP contribution in [0.15, 0.2) is 30.5 Å². The fourth-order valence-electron chi connectivity index (χ4n) is 1.79. The van der Waals surface area contributed by atoms with Gasteiger partial charge in [-0.2, -0.15) is 0 Å². The second-order valence-corrected chi connectivity index (χ2v) is 3.84. The highest BCUT2D eigenvalue weighted by atomic mass is 16.2. The van der Waals surface area contributed by atoms with E-state index in [2.05, 4.69) is 10.3 Å². The normalized spacial score (nSPS) is 10.4. The van der Waals surface area contributed by atoms with E-state index in [-0.39, 0.29) is 24.5 Å². The number of hydrogen-bond donors (Lipinski definition) is 2. The minimum atomic E-state index is -0.113. The lowest BCUT2D eigenvalue weighted by molar-refractivity contribution is -0.120. The molecule has 0 saturated carbocycles. The number of hydrogen-bond acceptors (Lipinski definition) is 2. The maximum Gasteiger partial charge on any atom is 0.220 e. The Morgan fingerprint density at radius 1 is 1.24 bits per heavy atom. The van der Waals surface area contributed by atoms with Crippen molar-refractivity contribution in [2.24, 2.45) is 0 Å². The number of aromatic nitrogens is 1. The van der Waals surface area contributed by atoms with Gasteiger partial charge in [-0.15, -0.1) is 0 Å². The molecule has 88 valence electrons. The molecule has 0 aliphatic heterocycles. The molecule has 0 bridgehead atoms. The van der Waals surface area contributed by atoms with Crippen LogP contribution in [0.3, 0.4) is 0 Å². The van der Waals surface area contributed by atoms with Gasteiger partial charge in [0.25, 0.3) is 0 Å². The Morgan fingerprint density at radius 3 is 2.76 bits per heavy atom. The van der Waals surface area contributed by atoms with Crippen molar-refractivity contribution in [2.45, 2.75) is 12.8 Å². The van der Waals surface area contributed by atoms with Crippen molar-refractivity contribution in [3.63, 3.8) is 0 Å². The fraction of sp³-hybridized carbons (Fsp3) is 0.231. The number of rotatable bonds is 4. The molecule has 2 rings (SSSR count). The number of benzene rings is 1. The van der Waals surface area contributed by atoms with Gasteiger partial charge in [-0.25, -0.2) is 0 Å². The highest BCUT2D eigenvalue weighted by Crippen LogP contribution is 2.19. The number of H-pyrrole nitrogens is 1. The number of ketones is 1. The summed E-state index contributed by atoms with van der Waals surface area (Å²) >= 11 is 0. The van der Waals surface area contributed by atoms with Crippen molar-refractivity contribution in [1.29, 1.82) is 0 Å². The van der Waals surface area contributed by atoms with Gasteiger partial charge < -0.3 is 10.3 Å². The van der Waals surface area contributed by atoms with Gasteiger partial charge in [0, 0.05) is 42.6 Å². The summed E-state index contributed by atoms with van der Waals surface area (Å²) in [6.07, 6.45) is 2.17. The van der Waals surface area contributed by atoms with Crippen LogP contribution in [0.5, 0.6) is 0 Å². The third-order valence-corrected chi connectivity index (χ3v) is 2.75. The molecule has 17 heavy (non-hydrogen) atoms. The molecule has 0 radical (unpaired) electrons. The van der Waals surface area contributed by atoms with Gasteiger partial charge >= 0.3 is 0 Å². The van der Waals surface area contributed by atoms with E-state index in [0.717, 1.165) is 10.9 Å². The van der Waals surface area contributed by atoms with Crippen LogP contribution in [0.2, 0.25) is 0 Å². The standard InChI is InChI=1S/C13H14N2O2/c1-14-13(17)7-6-12(16)10-8-15-11-5-3-2-4-9(10)11/h2-5,8,15H,6-7H2,1H3,(H,14,17). The minimum Gasteiger partial charge on any atom is -0.360 e. The van der Waals surface area contributed by atoms with E-state index >= 15 is 0 Å². The van der Waals surface area contributed by atoms with Crippen LogP contribution in [-0.4, -0.2) is 23.7 Å². The summed E-state index contributed by atoms with van der Waals surface area (Å²) in [5, 5.41) is 3.42. The lowest BCUT2D eigenvalue weighted by Crippen LogP contribution is -2.18. The first-order valence-corrected chi connectivity index (χ1v) is 5.52. The van der Waals surface area contributed by atoms with Crippen LogP contribution in [0, 0.1) is 0 Å². The molecule has 0 fully saturated rings. The van der Waals surface area contributed by atoms with Crippen molar-refractivity contribution >= 4 is 22.6 Å². The molecule has 0 unspecified atom stereocenters. The summed E-state index contributed by atoms with van der Waals surface area (Å²) < 4.78 is 0. The summed E-state index contributed by atoms with van der Waals surface area (Å²) in [7, 11) is 1.57. The zero-order valence-electron chi connectivity index (χ0n) is 9.62. The number of amides is 1. The van der Waals surface area contributed by atoms with Gasteiger partial charge in [0.05, 0.1) is 0 Å². The molecule has 1 heterocycles. The smallest absolute Gasteiger partial charge is 0.220 e. The predicted molar refractivity (Wildman–Crippen MR) is 65.9 cm³/mol. The van der Waals surface area contributed by atoms with E-state index < -0.39 is 0 Å². The predicted octanol–water partition coefficient (Wildman–Crippen LogP) is 1.88. The molecule has 0 atom stereocenters. The molecular weight excluding hydrogens is 216 g/mol. The number of para-hydroxylation sites is 1. The molecule has 1 amide bonds. The summed E-state index contributed by atoms with van der Waals surface area (Å²) in [5.41, 5.74) is 1.60. The molecule has 0 saturated heterocycles. The van der Waals surface area contributed by atoms with Crippen LogP contribution in [-0.2, 0) is 4.79 Å². The van der Waals surface area contributed by atoms with Crippen LogP contribution < -0.4 is 5.32 Å². The van der Waals surface area contributed by atoms with E-state index in [1.807, 2.05) is 24.3 Å². The maximum absolute atomic E-state index is 11.9. The van der Waals surface area contributed by atoms with Crippen LogP contribution in [0.4, 0.5) is 0 Å². The summed E-state index contributed by atoms with van der Waals surface area (Å²) in [4.78, 5) is 26.1. The van der Waals surface area contributed by atoms with Gasteiger partial charge in [-0.05, 0) is 6.07 Å². The maximum atomic E-state index is 11.9. The quantitative estimate of drug-likeness (QED) is 0.788. The number of nitrogens with one attached hydrogen (secondary N) is 2. The number of fused-ring (bicyclic) bond motifs is 1. The Morgan fingerprint density at radius 2 is 2.00 bits per heavy atom. The largest absolute Gasteiger partial charge is 0.360 e. The van der Waals surface area contributed by atoms with Crippen molar-refractivity contribution in [3.05, 3.63) is 36.0 Å². The SMILES string of the molecule is CNC(=O)CCC(=O)c1c[nH]c2ccccc12. The number of aromatic amines is 1. The van der Waals surface area contributed by atoms with Crippen LogP contribution in [0.1, 0.15) is 23.2 Å². The van der Waals surface area contributed by atoms with Crippen LogP contribution >= 0.6 is 0 Å². The molecular formula is C13H14N2O2. The van der Waals surface area contributed by atoms with Gasteiger partial charge in [-0.1, -0.05) is 18.2 Å². The molecule has 4 nitrogen and oxygen atoms in total. The summed E-state index contributed by atoms with van der Waals surface area (Å²) in [6.45, 7) is 0. The van der Waals surface area contributed by atoms with Crippen molar-refractivity contribution in [3.8, 4) is 0 Å². The summed E-state index contributed by atoms with van der Waals surface area (Å²) in [6, 6.07) is 7.63. The van der Waals surface area contributed by atoms with Crippen LogP contribution in [0.25, 0.3) is 10.9 Å². The van der Waals surface area contributed by atoms with Crippen molar-refractivity contribution in [2.75, 3.05) is 7.05 Å². The van der Waals surface area contributed by atoms with E-state index in [4.69, 9.17) is 0 Å². The molecule has 0 spiro atoms. The zero-order chi connectivity index (χ0) is 12.3. The second kappa shape index (κ2) is 4.82. The average molecular weight is 230 g/mol. The second-order valence-electron chi connectivity index (χ2n) is 3.84. The minimum absolute atomic E-state index is 0.00829. The molecule has 1 aromatic carbocycles. The molecule has 1 aromatic heterocycles. The Bertz CT molecular complexity index is 557. The Labute approximate surface area is 99.0 Å². The highest BCUT2D eigenvalue weighted by Gasteiger charge is 2.12. The van der Waals surface area contributed by atoms with Gasteiger partial charge in [0.2, 0.25) is 5.91 Å². The lowest BCUT2D eigenvalue weighted by Gasteiger charge is -1.99. The summed E-state index contributed by atoms with van der Waals surface area (Å²) in [5.74, 6) is -0.121. The Kier molecular flexibility index (Phi) is 3.23. The van der Waals surface area contributed by atoms with E-state index in [1.54, 1.807) is 13.2 Å². The Hall–Kier alpha value is -2.10. The van der Waals surface area contributed by atoms with Gasteiger partial charge in [0.15, 0.2) is 5.78 Å². The first-order valence-electron chi connectivity index (χ1n) is 5.52. The first-order chi connectivity index (χ1) is 8.22. The number of carbonyl (C=O) groups excluding carboxylic acids is 2. The molecule has 2 N–H and O–H groups in total. The fourth-order valence-corrected chi connectivity index (χ4v) is 1.79. The molecule has 2 aromatic rings. The molecule has 0 aliphatic rings. The van der Waals surface area contributed by atoms with Gasteiger partial charge in [0.1, 0.15) is 0 Å². The topological polar surface area (TPSA) is 62.0 Å². The van der Waals surface area contributed by atoms with E-state index in [1.165, 1.54) is 0 Å². The molecule has 0 aliphatic carbocycles. The van der Waals surface area contributed by atoms with Gasteiger partial charge in [-0.3, -0.25) is 9.59 Å². The molecule has 4 heteroatoms.